The summed E-state index contributed by atoms with van der Waals surface area (Å²) in [6.45, 7) is 11.3. The molecule has 0 heterocycles. The average molecular weight is 353 g/mol. The summed E-state index contributed by atoms with van der Waals surface area (Å²) in [5.74, 6) is 1.97. The highest BCUT2D eigenvalue weighted by Crippen LogP contribution is 2.25. The Balaban J connectivity index is 1.88. The number of benzene rings is 2. The second-order valence-electron chi connectivity index (χ2n) is 7.66. The smallest absolute Gasteiger partial charge is 0.159 e. The zero-order valence-corrected chi connectivity index (χ0v) is 16.8. The van der Waals surface area contributed by atoms with Crippen LogP contribution in [0.15, 0.2) is 42.5 Å². The number of carbonyl (C=O) groups excluding carboxylic acids is 1. The zero-order valence-electron chi connectivity index (χ0n) is 16.8. The highest BCUT2D eigenvalue weighted by molar-refractivity contribution is 5.94. The number of ketones is 1. The third-order valence-corrected chi connectivity index (χ3v) is 4.81. The minimum atomic E-state index is 0.0710. The van der Waals surface area contributed by atoms with E-state index in [1.165, 1.54) is 16.7 Å². The van der Waals surface area contributed by atoms with Gasteiger partial charge in [0.05, 0.1) is 6.61 Å². The maximum atomic E-state index is 11.4. The lowest BCUT2D eigenvalue weighted by atomic mass is 9.90. The van der Waals surface area contributed by atoms with Crippen LogP contribution in [0.5, 0.6) is 5.75 Å². The van der Waals surface area contributed by atoms with Gasteiger partial charge in [0.15, 0.2) is 5.78 Å². The number of Topliss-reactive ketones (excluding diaryl/α,β-unsaturated/α-hetero) is 1. The van der Waals surface area contributed by atoms with Crippen LogP contribution in [0.3, 0.4) is 0 Å². The lowest BCUT2D eigenvalue weighted by Gasteiger charge is -2.16. The zero-order chi connectivity index (χ0) is 19.1. The predicted octanol–water partition coefficient (Wildman–Crippen LogP) is 6.54. The fraction of sp³-hybridized carbons (Fsp3) is 0.458. The van der Waals surface area contributed by atoms with Crippen molar-refractivity contribution < 1.29 is 9.53 Å². The summed E-state index contributed by atoms with van der Waals surface area (Å²) >= 11 is 0. The van der Waals surface area contributed by atoms with Gasteiger partial charge in [-0.05, 0) is 66.8 Å². The molecule has 0 aliphatic rings. The third kappa shape index (κ3) is 5.72. The molecule has 0 saturated heterocycles. The summed E-state index contributed by atoms with van der Waals surface area (Å²) in [5.41, 5.74) is 5.06. The molecule has 2 aromatic rings. The molecule has 0 N–H and O–H groups in total. The minimum Gasteiger partial charge on any atom is -0.494 e. The Hall–Kier alpha value is -2.09. The third-order valence-electron chi connectivity index (χ3n) is 4.81. The van der Waals surface area contributed by atoms with E-state index in [1.54, 1.807) is 6.92 Å². The molecule has 2 heteroatoms. The van der Waals surface area contributed by atoms with Crippen LogP contribution in [0.1, 0.15) is 86.3 Å². The molecule has 0 saturated carbocycles. The molecule has 0 aliphatic heterocycles. The maximum absolute atomic E-state index is 11.4. The van der Waals surface area contributed by atoms with Crippen molar-refractivity contribution in [3.8, 4) is 5.75 Å². The summed E-state index contributed by atoms with van der Waals surface area (Å²) in [6.07, 6.45) is 3.20. The van der Waals surface area contributed by atoms with Crippen LogP contribution < -0.4 is 4.74 Å². The highest BCUT2D eigenvalue weighted by Gasteiger charge is 2.09. The summed E-state index contributed by atoms with van der Waals surface area (Å²) in [5, 5.41) is 0. The van der Waals surface area contributed by atoms with Gasteiger partial charge >= 0.3 is 0 Å². The van der Waals surface area contributed by atoms with Gasteiger partial charge in [0.2, 0.25) is 0 Å². The van der Waals surface area contributed by atoms with Crippen molar-refractivity contribution in [1.29, 1.82) is 0 Å². The molecule has 0 radical (unpaired) electrons. The van der Waals surface area contributed by atoms with E-state index in [2.05, 4.69) is 45.9 Å². The molecule has 26 heavy (non-hydrogen) atoms. The number of unbranched alkanes of at least 4 members (excludes halogenated alkanes) is 1. The van der Waals surface area contributed by atoms with E-state index in [1.807, 2.05) is 24.3 Å². The van der Waals surface area contributed by atoms with Gasteiger partial charge < -0.3 is 4.74 Å². The minimum absolute atomic E-state index is 0.0710. The highest BCUT2D eigenvalue weighted by atomic mass is 16.5. The molecule has 140 valence electrons. The Morgan fingerprint density at radius 3 is 2.38 bits per heavy atom. The van der Waals surface area contributed by atoms with E-state index in [0.29, 0.717) is 24.0 Å². The van der Waals surface area contributed by atoms with Gasteiger partial charge in [0.1, 0.15) is 5.75 Å². The molecule has 0 aromatic heterocycles. The first kappa shape index (κ1) is 20.2. The van der Waals surface area contributed by atoms with E-state index in [9.17, 15) is 4.79 Å². The van der Waals surface area contributed by atoms with Crippen molar-refractivity contribution in [2.24, 2.45) is 0 Å². The van der Waals surface area contributed by atoms with Gasteiger partial charge in [-0.25, -0.2) is 0 Å². The van der Waals surface area contributed by atoms with Crippen molar-refractivity contribution >= 4 is 5.78 Å². The van der Waals surface area contributed by atoms with Crippen LogP contribution in [-0.2, 0) is 6.42 Å². The number of rotatable bonds is 9. The van der Waals surface area contributed by atoms with Crippen LogP contribution in [0, 0.1) is 0 Å². The average Bonchev–Trinajstić information content (AvgIpc) is 2.61. The lowest BCUT2D eigenvalue weighted by Crippen LogP contribution is -2.02. The van der Waals surface area contributed by atoms with Gasteiger partial charge in [0.25, 0.3) is 0 Å². The molecule has 0 unspecified atom stereocenters. The number of carbonyl (C=O) groups is 1. The van der Waals surface area contributed by atoms with Gasteiger partial charge in [0, 0.05) is 5.56 Å². The molecular formula is C24H32O2. The molecule has 2 aromatic carbocycles. The van der Waals surface area contributed by atoms with Gasteiger partial charge in [-0.15, -0.1) is 0 Å². The first-order valence-electron chi connectivity index (χ1n) is 9.75. The summed E-state index contributed by atoms with van der Waals surface area (Å²) in [7, 11) is 0. The Morgan fingerprint density at radius 1 is 0.962 bits per heavy atom. The molecule has 2 rings (SSSR count). The first-order chi connectivity index (χ1) is 12.4. The van der Waals surface area contributed by atoms with E-state index in [4.69, 9.17) is 4.74 Å². The Labute approximate surface area is 158 Å². The SMILES string of the molecule is CC(=O)c1cccc(OCCCCc2cc(C(C)C)ccc2C(C)C)c1. The van der Waals surface area contributed by atoms with Crippen molar-refractivity contribution in [2.45, 2.75) is 65.7 Å². The molecule has 0 aliphatic carbocycles. The van der Waals surface area contributed by atoms with Gasteiger partial charge in [-0.2, -0.15) is 0 Å². The first-order valence-corrected chi connectivity index (χ1v) is 9.75. The molecule has 0 fully saturated rings. The fourth-order valence-corrected chi connectivity index (χ4v) is 3.18. The largest absolute Gasteiger partial charge is 0.494 e. The van der Waals surface area contributed by atoms with Crippen LogP contribution in [0.2, 0.25) is 0 Å². The van der Waals surface area contributed by atoms with Crippen molar-refractivity contribution in [3.63, 3.8) is 0 Å². The molecule has 0 amide bonds. The van der Waals surface area contributed by atoms with Gasteiger partial charge in [-0.1, -0.05) is 58.0 Å². The summed E-state index contributed by atoms with van der Waals surface area (Å²) < 4.78 is 5.82. The van der Waals surface area contributed by atoms with Crippen LogP contribution in [0.25, 0.3) is 0 Å². The molecule has 0 bridgehead atoms. The van der Waals surface area contributed by atoms with E-state index < -0.39 is 0 Å². The van der Waals surface area contributed by atoms with Crippen LogP contribution in [-0.4, -0.2) is 12.4 Å². The second-order valence-corrected chi connectivity index (χ2v) is 7.66. The second kappa shape index (κ2) is 9.56. The van der Waals surface area contributed by atoms with Gasteiger partial charge in [-0.3, -0.25) is 4.79 Å². The van der Waals surface area contributed by atoms with Crippen molar-refractivity contribution in [2.75, 3.05) is 6.61 Å². The predicted molar refractivity (Wildman–Crippen MR) is 109 cm³/mol. The number of hydrogen-bond acceptors (Lipinski definition) is 2. The molecule has 0 spiro atoms. The maximum Gasteiger partial charge on any atom is 0.159 e. The molecule has 2 nitrogen and oxygen atoms in total. The Kier molecular flexibility index (Phi) is 7.44. The molecular weight excluding hydrogens is 320 g/mol. The van der Waals surface area contributed by atoms with Crippen LogP contribution >= 0.6 is 0 Å². The number of ether oxygens (including phenoxy) is 1. The van der Waals surface area contributed by atoms with Crippen molar-refractivity contribution in [1.82, 2.24) is 0 Å². The molecule has 0 atom stereocenters. The lowest BCUT2D eigenvalue weighted by molar-refractivity contribution is 0.101. The van der Waals surface area contributed by atoms with Crippen molar-refractivity contribution in [3.05, 3.63) is 64.7 Å². The summed E-state index contributed by atoms with van der Waals surface area (Å²) in [4.78, 5) is 11.4. The monoisotopic (exact) mass is 352 g/mol. The van der Waals surface area contributed by atoms with E-state index in [0.717, 1.165) is 25.0 Å². The summed E-state index contributed by atoms with van der Waals surface area (Å²) in [6, 6.07) is 14.4. The van der Waals surface area contributed by atoms with E-state index in [-0.39, 0.29) is 5.78 Å². The van der Waals surface area contributed by atoms with Crippen LogP contribution in [0.4, 0.5) is 0 Å². The topological polar surface area (TPSA) is 26.3 Å². The normalized spacial score (nSPS) is 11.2. The number of aryl methyl sites for hydroxylation is 1. The standard InChI is InChI=1S/C24H32O2/c1-17(2)20-12-13-24(18(3)4)22(15-20)9-6-7-14-26-23-11-8-10-21(16-23)19(5)25/h8,10-13,15-18H,6-7,9,14H2,1-5H3. The quantitative estimate of drug-likeness (QED) is 0.378. The number of hydrogen-bond donors (Lipinski definition) is 0. The Morgan fingerprint density at radius 2 is 1.73 bits per heavy atom. The Bertz CT molecular complexity index is 729. The fourth-order valence-electron chi connectivity index (χ4n) is 3.18. The van der Waals surface area contributed by atoms with E-state index >= 15 is 0 Å².